The molecule has 1 aliphatic heterocycles. The van der Waals surface area contributed by atoms with Gasteiger partial charge in [0.1, 0.15) is 6.17 Å². The highest BCUT2D eigenvalue weighted by Crippen LogP contribution is 2.33. The maximum atomic E-state index is 13.1. The molecule has 2 aromatic carbocycles. The summed E-state index contributed by atoms with van der Waals surface area (Å²) in [5.74, 6) is 0.0297. The molecule has 0 radical (unpaired) electrons. The van der Waals surface area contributed by atoms with E-state index in [1.807, 2.05) is 71.6 Å². The molecule has 1 unspecified atom stereocenters. The number of carbonyl (C=O) groups is 1. The molecule has 0 saturated carbocycles. The van der Waals surface area contributed by atoms with Gasteiger partial charge in [-0.15, -0.1) is 0 Å². The number of amides is 1. The lowest BCUT2D eigenvalue weighted by Gasteiger charge is -2.38. The number of para-hydroxylation sites is 1. The molecule has 1 aliphatic rings. The number of rotatable bonds is 3. The third-order valence-electron chi connectivity index (χ3n) is 4.22. The van der Waals surface area contributed by atoms with Crippen molar-refractivity contribution in [1.82, 2.24) is 9.88 Å². The predicted molar refractivity (Wildman–Crippen MR) is 93.4 cm³/mol. The number of anilines is 1. The van der Waals surface area contributed by atoms with E-state index in [0.29, 0.717) is 12.1 Å². The lowest BCUT2D eigenvalue weighted by atomic mass is 10.0. The monoisotopic (exact) mass is 315 g/mol. The fraction of sp³-hybridized carbons (Fsp3) is 0.100. The van der Waals surface area contributed by atoms with Gasteiger partial charge < -0.3 is 10.2 Å². The van der Waals surface area contributed by atoms with Crippen LogP contribution in [0.4, 0.5) is 5.69 Å². The first-order valence-electron chi connectivity index (χ1n) is 7.93. The van der Waals surface area contributed by atoms with Crippen molar-refractivity contribution >= 4 is 11.6 Å². The van der Waals surface area contributed by atoms with Crippen LogP contribution in [-0.4, -0.2) is 15.8 Å². The van der Waals surface area contributed by atoms with Crippen molar-refractivity contribution in [3.63, 3.8) is 0 Å². The standard InChI is InChI=1S/C20H17N3O/c24-20-17-10-4-5-11-18(17)22-19(16-9-6-12-21-13-16)23(20)14-15-7-2-1-3-8-15/h1-13,19,22H,14H2. The number of hydrogen-bond acceptors (Lipinski definition) is 3. The Morgan fingerprint density at radius 2 is 1.75 bits per heavy atom. The average Bonchev–Trinajstić information content (AvgIpc) is 2.65. The van der Waals surface area contributed by atoms with Crippen LogP contribution in [0.2, 0.25) is 0 Å². The fourth-order valence-corrected chi connectivity index (χ4v) is 3.04. The van der Waals surface area contributed by atoms with E-state index in [4.69, 9.17) is 0 Å². The average molecular weight is 315 g/mol. The van der Waals surface area contributed by atoms with Crippen LogP contribution in [0.3, 0.4) is 0 Å². The lowest BCUT2D eigenvalue weighted by molar-refractivity contribution is 0.0666. The second kappa shape index (κ2) is 6.16. The molecular formula is C20H17N3O. The van der Waals surface area contributed by atoms with E-state index in [1.165, 1.54) is 0 Å². The van der Waals surface area contributed by atoms with Gasteiger partial charge in [-0.3, -0.25) is 9.78 Å². The van der Waals surface area contributed by atoms with E-state index >= 15 is 0 Å². The first-order chi connectivity index (χ1) is 11.8. The summed E-state index contributed by atoms with van der Waals surface area (Å²) in [4.78, 5) is 19.1. The molecule has 1 N–H and O–H groups in total. The van der Waals surface area contributed by atoms with Crippen LogP contribution in [0.1, 0.15) is 27.7 Å². The molecule has 0 fully saturated rings. The van der Waals surface area contributed by atoms with Crippen LogP contribution in [0.5, 0.6) is 0 Å². The number of benzene rings is 2. The summed E-state index contributed by atoms with van der Waals surface area (Å²) in [6.45, 7) is 0.542. The Morgan fingerprint density at radius 3 is 2.54 bits per heavy atom. The minimum absolute atomic E-state index is 0.0297. The summed E-state index contributed by atoms with van der Waals surface area (Å²) in [6.07, 6.45) is 3.31. The first-order valence-corrected chi connectivity index (χ1v) is 7.93. The number of nitrogens with one attached hydrogen (secondary N) is 1. The zero-order chi connectivity index (χ0) is 16.4. The fourth-order valence-electron chi connectivity index (χ4n) is 3.04. The topological polar surface area (TPSA) is 45.2 Å². The van der Waals surface area contributed by atoms with Crippen LogP contribution in [-0.2, 0) is 6.54 Å². The number of fused-ring (bicyclic) bond motifs is 1. The largest absolute Gasteiger partial charge is 0.361 e. The Hall–Kier alpha value is -3.14. The predicted octanol–water partition coefficient (Wildman–Crippen LogP) is 3.85. The third-order valence-corrected chi connectivity index (χ3v) is 4.22. The summed E-state index contributed by atoms with van der Waals surface area (Å²) in [6, 6.07) is 21.5. The van der Waals surface area contributed by atoms with Crippen LogP contribution in [0.15, 0.2) is 79.1 Å². The maximum absolute atomic E-state index is 13.1. The molecule has 4 nitrogen and oxygen atoms in total. The zero-order valence-electron chi connectivity index (χ0n) is 13.1. The molecular weight excluding hydrogens is 298 g/mol. The lowest BCUT2D eigenvalue weighted by Crippen LogP contribution is -2.42. The van der Waals surface area contributed by atoms with E-state index in [0.717, 1.165) is 16.8 Å². The molecule has 0 spiro atoms. The normalized spacial score (nSPS) is 16.4. The molecule has 1 aromatic heterocycles. The van der Waals surface area contributed by atoms with Crippen molar-refractivity contribution < 1.29 is 4.79 Å². The molecule has 1 amide bonds. The minimum Gasteiger partial charge on any atom is -0.361 e. The van der Waals surface area contributed by atoms with Gasteiger partial charge in [-0.1, -0.05) is 48.5 Å². The number of pyridine rings is 1. The molecule has 4 heteroatoms. The molecule has 0 aliphatic carbocycles. The molecule has 2 heterocycles. The SMILES string of the molecule is O=C1c2ccccc2NC(c2cccnc2)N1Cc1ccccc1. The van der Waals surface area contributed by atoms with E-state index in [1.54, 1.807) is 12.4 Å². The second-order valence-corrected chi connectivity index (χ2v) is 5.80. The van der Waals surface area contributed by atoms with Gasteiger partial charge in [0.05, 0.1) is 5.56 Å². The Kier molecular flexibility index (Phi) is 3.71. The van der Waals surface area contributed by atoms with Gasteiger partial charge in [0.25, 0.3) is 5.91 Å². The summed E-state index contributed by atoms with van der Waals surface area (Å²) in [5, 5.41) is 3.48. The molecule has 4 rings (SSSR count). The molecule has 0 saturated heterocycles. The molecule has 118 valence electrons. The number of nitrogens with zero attached hydrogens (tertiary/aromatic N) is 2. The smallest absolute Gasteiger partial charge is 0.258 e. The number of hydrogen-bond donors (Lipinski definition) is 1. The van der Waals surface area contributed by atoms with Crippen molar-refractivity contribution in [2.45, 2.75) is 12.7 Å². The van der Waals surface area contributed by atoms with Gasteiger partial charge in [-0.25, -0.2) is 0 Å². The number of carbonyl (C=O) groups excluding carboxylic acids is 1. The summed E-state index contributed by atoms with van der Waals surface area (Å²) < 4.78 is 0. The highest BCUT2D eigenvalue weighted by molar-refractivity contribution is 6.01. The van der Waals surface area contributed by atoms with Gasteiger partial charge >= 0.3 is 0 Å². The van der Waals surface area contributed by atoms with Gasteiger partial charge in [0.2, 0.25) is 0 Å². The molecule has 3 aromatic rings. The molecule has 0 bridgehead atoms. The van der Waals surface area contributed by atoms with Crippen molar-refractivity contribution in [3.8, 4) is 0 Å². The van der Waals surface area contributed by atoms with E-state index in [2.05, 4.69) is 10.3 Å². The maximum Gasteiger partial charge on any atom is 0.258 e. The van der Waals surface area contributed by atoms with Gasteiger partial charge in [-0.2, -0.15) is 0 Å². The number of aromatic nitrogens is 1. The molecule has 1 atom stereocenters. The highest BCUT2D eigenvalue weighted by Gasteiger charge is 2.32. The first kappa shape index (κ1) is 14.5. The van der Waals surface area contributed by atoms with Crippen LogP contribution in [0, 0.1) is 0 Å². The Morgan fingerprint density at radius 1 is 0.958 bits per heavy atom. The van der Waals surface area contributed by atoms with Crippen LogP contribution in [0.25, 0.3) is 0 Å². The third kappa shape index (κ3) is 2.63. The summed E-state index contributed by atoms with van der Waals surface area (Å²) in [5.41, 5.74) is 3.63. The highest BCUT2D eigenvalue weighted by atomic mass is 16.2. The van der Waals surface area contributed by atoms with Gasteiger partial charge in [0.15, 0.2) is 0 Å². The Labute approximate surface area is 140 Å². The second-order valence-electron chi connectivity index (χ2n) is 5.80. The van der Waals surface area contributed by atoms with Gasteiger partial charge in [-0.05, 0) is 23.8 Å². The van der Waals surface area contributed by atoms with E-state index < -0.39 is 0 Å². The minimum atomic E-state index is -0.235. The van der Waals surface area contributed by atoms with Crippen molar-refractivity contribution in [3.05, 3.63) is 95.8 Å². The van der Waals surface area contributed by atoms with Crippen molar-refractivity contribution in [2.75, 3.05) is 5.32 Å². The Bertz CT molecular complexity index is 849. The van der Waals surface area contributed by atoms with E-state index in [-0.39, 0.29) is 12.1 Å². The molecule has 24 heavy (non-hydrogen) atoms. The summed E-state index contributed by atoms with van der Waals surface area (Å²) >= 11 is 0. The summed E-state index contributed by atoms with van der Waals surface area (Å²) in [7, 11) is 0. The van der Waals surface area contributed by atoms with Crippen LogP contribution >= 0.6 is 0 Å². The van der Waals surface area contributed by atoms with Crippen molar-refractivity contribution in [2.24, 2.45) is 0 Å². The van der Waals surface area contributed by atoms with Crippen LogP contribution < -0.4 is 5.32 Å². The van der Waals surface area contributed by atoms with Crippen molar-refractivity contribution in [1.29, 1.82) is 0 Å². The Balaban J connectivity index is 1.76. The zero-order valence-corrected chi connectivity index (χ0v) is 13.1. The van der Waals surface area contributed by atoms with Gasteiger partial charge in [0, 0.05) is 30.2 Å². The quantitative estimate of drug-likeness (QED) is 0.798. The van der Waals surface area contributed by atoms with E-state index in [9.17, 15) is 4.79 Å².